The second-order valence-electron chi connectivity index (χ2n) is 16.6. The first kappa shape index (κ1) is 47.9. The summed E-state index contributed by atoms with van der Waals surface area (Å²) in [6.45, 7) is -0.207. The topological polar surface area (TPSA) is 29.5 Å². The van der Waals surface area contributed by atoms with E-state index in [0.717, 1.165) is 41.7 Å². The Morgan fingerprint density at radius 1 is 0.400 bits per heavy atom. The van der Waals surface area contributed by atoms with Crippen LogP contribution in [0, 0.1) is 37.0 Å². The van der Waals surface area contributed by atoms with Gasteiger partial charge in [-0.2, -0.15) is 0 Å². The largest absolute Gasteiger partial charge is 0.456 e. The van der Waals surface area contributed by atoms with Crippen molar-refractivity contribution in [2.24, 2.45) is 0 Å². The molecule has 0 amide bonds. The number of rotatable bonds is 12. The molecule has 0 aliphatic carbocycles. The molecule has 70 heavy (non-hydrogen) atoms. The van der Waals surface area contributed by atoms with Gasteiger partial charge in [0.15, 0.2) is 0 Å². The number of para-hydroxylation sites is 2. The highest BCUT2D eigenvalue weighted by Gasteiger charge is 2.22. The zero-order chi connectivity index (χ0) is 49.4. The number of benzene rings is 6. The molecule has 9 aromatic rings. The van der Waals surface area contributed by atoms with Gasteiger partial charge in [0.05, 0.1) is 0 Å². The number of nitrogens with zero attached hydrogens (tertiary/aromatic N) is 1. The first-order chi connectivity index (χ1) is 33.8. The molecule has 308 valence electrons. The average Bonchev–Trinajstić information content (AvgIpc) is 4.08. The molecule has 0 saturated heterocycles. The molecule has 3 aromatic heterocycles. The van der Waals surface area contributed by atoms with Gasteiger partial charge in [0.25, 0.3) is 0 Å². The van der Waals surface area contributed by atoms with Crippen LogP contribution in [-0.2, 0) is 0 Å². The first-order valence-electron chi connectivity index (χ1n) is 21.9. The smallest absolute Gasteiger partial charge is 0.136 e. The molecule has 9 rings (SSSR count). The Kier molecular flexibility index (Phi) is 13.7. The van der Waals surface area contributed by atoms with Crippen LogP contribution in [0.3, 0.4) is 0 Å². The lowest BCUT2D eigenvalue weighted by molar-refractivity contribution is 0.363. The maximum absolute atomic E-state index is 7.10. The summed E-state index contributed by atoms with van der Waals surface area (Å²) in [5.41, 5.74) is 6.59. The van der Waals surface area contributed by atoms with Crippen LogP contribution in [0.1, 0.15) is 16.7 Å². The van der Waals surface area contributed by atoms with E-state index in [1.165, 1.54) is 0 Å². The second-order valence-corrected chi connectivity index (χ2v) is 17.7. The molecule has 3 nitrogen and oxygen atoms in total. The van der Waals surface area contributed by atoms with Crippen molar-refractivity contribution in [2.45, 2.75) is 0 Å². The van der Waals surface area contributed by atoms with Crippen molar-refractivity contribution in [3.63, 3.8) is 0 Å². The van der Waals surface area contributed by atoms with Gasteiger partial charge in [0, 0.05) is 61.4 Å². The van der Waals surface area contributed by atoms with Crippen LogP contribution >= 0.6 is 11.3 Å². The highest BCUT2D eigenvalue weighted by atomic mass is 32.1. The zero-order valence-electron chi connectivity index (χ0n) is 37.8. The molecular weight excluding hydrogens is 860 g/mol. The van der Waals surface area contributed by atoms with Crippen molar-refractivity contribution in [1.82, 2.24) is 4.90 Å². The van der Waals surface area contributed by atoms with Crippen molar-refractivity contribution in [2.75, 3.05) is 19.6 Å². The SMILES string of the molecule is [B]/C(CN(C/C([B])=C([B])\C(=C(\[B])C#C)c1cccc2oc3ccccc3c12)C/C([B])=C([B])\C(=C(\[B])C#C)c1cccc2sc3ccccc3c12)=C([B])/C(=C(/[B])C#C)c1cccc2oc3ccccc3c12. The quantitative estimate of drug-likeness (QED) is 0.0696. The molecule has 0 fully saturated rings. The predicted octanol–water partition coefficient (Wildman–Crippen LogP) is 9.74. The minimum atomic E-state index is -0.0721. The van der Waals surface area contributed by atoms with Gasteiger partial charge in [0.2, 0.25) is 0 Å². The fraction of sp³-hybridized carbons (Fsp3) is 0.0526. The summed E-state index contributed by atoms with van der Waals surface area (Å²) < 4.78 is 14.5. The van der Waals surface area contributed by atoms with Gasteiger partial charge in [-0.25, -0.2) is 0 Å². The van der Waals surface area contributed by atoms with E-state index < -0.39 is 0 Å². The van der Waals surface area contributed by atoms with Crippen LogP contribution in [0.2, 0.25) is 0 Å². The zero-order valence-corrected chi connectivity index (χ0v) is 38.7. The molecule has 6 aromatic carbocycles. The van der Waals surface area contributed by atoms with E-state index >= 15 is 0 Å². The van der Waals surface area contributed by atoms with Crippen LogP contribution in [0.15, 0.2) is 185 Å². The number of terminal acetylenes is 3. The van der Waals surface area contributed by atoms with E-state index in [0.29, 0.717) is 55.7 Å². The third-order valence-electron chi connectivity index (χ3n) is 12.3. The highest BCUT2D eigenvalue weighted by molar-refractivity contribution is 7.25. The summed E-state index contributed by atoms with van der Waals surface area (Å²) in [4.78, 5) is 1.81. The standard InChI is InChI=1S/C57H30B9NO2S/c1-4-37(58)52(34-19-13-24-45-49(34)31-16-7-10-22-43(31)68-45)55(64)40(61)28-67(29-41(62)56(65)53(38(59)5-2)35-20-14-25-46-50(35)32-17-8-11-23-44(32)69-46)30-42(63)57(66)54(39(60)6-3)36-21-15-27-48-51(36)33-18-9-12-26-47(33)70-48/h1-3,7-27H,28-30H2/b52-37+,53-38+,54-39+,55-40-,56-41-,57-42-. The van der Waals surface area contributed by atoms with Crippen LogP contribution in [0.4, 0.5) is 0 Å². The molecule has 3 heterocycles. The number of fused-ring (bicyclic) bond motifs is 9. The van der Waals surface area contributed by atoms with Gasteiger partial charge in [-0.15, -0.1) is 47.0 Å². The van der Waals surface area contributed by atoms with E-state index in [2.05, 4.69) is 23.8 Å². The third kappa shape index (κ3) is 8.73. The number of allylic oxidation sites excluding steroid dienone is 9. The molecule has 0 aliphatic heterocycles. The Morgan fingerprint density at radius 2 is 0.743 bits per heavy atom. The van der Waals surface area contributed by atoms with Crippen LogP contribution < -0.4 is 0 Å². The van der Waals surface area contributed by atoms with Crippen molar-refractivity contribution < 1.29 is 8.83 Å². The van der Waals surface area contributed by atoms with E-state index in [1.54, 1.807) is 11.3 Å². The minimum absolute atomic E-state index is 0.0484. The van der Waals surface area contributed by atoms with Crippen molar-refractivity contribution in [3.8, 4) is 37.0 Å². The average molecular weight is 890 g/mol. The van der Waals surface area contributed by atoms with Crippen molar-refractivity contribution in [3.05, 3.63) is 193 Å². The van der Waals surface area contributed by atoms with Crippen LogP contribution in [-0.4, -0.2) is 95.2 Å². The molecule has 0 saturated carbocycles. The lowest BCUT2D eigenvalue weighted by atomic mass is 9.68. The van der Waals surface area contributed by atoms with Gasteiger partial charge < -0.3 is 8.83 Å². The van der Waals surface area contributed by atoms with E-state index in [9.17, 15) is 0 Å². The summed E-state index contributed by atoms with van der Waals surface area (Å²) in [6, 6.07) is 40.3. The Hall–Kier alpha value is -7.20. The normalized spacial score (nSPS) is 14.1. The Bertz CT molecular complexity index is 3560. The molecule has 18 radical (unpaired) electrons. The highest BCUT2D eigenvalue weighted by Crippen LogP contribution is 2.42. The van der Waals surface area contributed by atoms with Crippen molar-refractivity contribution in [1.29, 1.82) is 0 Å². The fourth-order valence-electron chi connectivity index (χ4n) is 9.10. The summed E-state index contributed by atoms with van der Waals surface area (Å²) in [5.74, 6) is 7.73. The Balaban J connectivity index is 1.19. The van der Waals surface area contributed by atoms with E-state index in [-0.39, 0.29) is 68.9 Å². The third-order valence-corrected chi connectivity index (χ3v) is 13.5. The van der Waals surface area contributed by atoms with E-state index in [1.807, 2.05) is 126 Å². The summed E-state index contributed by atoms with van der Waals surface area (Å²) in [5, 5.41) is 5.12. The molecular formula is C57H30B9NO2S. The molecule has 0 unspecified atom stereocenters. The maximum Gasteiger partial charge on any atom is 0.136 e. The van der Waals surface area contributed by atoms with E-state index in [4.69, 9.17) is 98.7 Å². The summed E-state index contributed by atoms with van der Waals surface area (Å²) in [7, 11) is 62.4. The molecule has 0 aliphatic rings. The molecule has 0 bridgehead atoms. The first-order valence-corrected chi connectivity index (χ1v) is 22.7. The van der Waals surface area contributed by atoms with Gasteiger partial charge >= 0.3 is 0 Å². The number of hydrogen-bond acceptors (Lipinski definition) is 4. The second kappa shape index (κ2) is 20.0. The van der Waals surface area contributed by atoms with Gasteiger partial charge in [-0.05, 0) is 86.2 Å². The monoisotopic (exact) mass is 891 g/mol. The lowest BCUT2D eigenvalue weighted by Gasteiger charge is -2.29. The van der Waals surface area contributed by atoms with Crippen LogP contribution in [0.25, 0.3) is 80.8 Å². The lowest BCUT2D eigenvalue weighted by Crippen LogP contribution is -2.32. The number of hydrogen-bond donors (Lipinski definition) is 0. The van der Waals surface area contributed by atoms with Gasteiger partial charge in [-0.3, -0.25) is 4.90 Å². The number of furan rings is 2. The van der Waals surface area contributed by atoms with Gasteiger partial charge in [0.1, 0.15) is 92.9 Å². The molecule has 0 atom stereocenters. The molecule has 0 N–H and O–H groups in total. The summed E-state index contributed by atoms with van der Waals surface area (Å²) >= 11 is 1.64. The predicted molar refractivity (Wildman–Crippen MR) is 303 cm³/mol. The fourth-order valence-corrected chi connectivity index (χ4v) is 10.2. The molecule has 0 spiro atoms. The van der Waals surface area contributed by atoms with Gasteiger partial charge in [-0.1, -0.05) is 125 Å². The number of thiophene rings is 1. The Morgan fingerprint density at radius 3 is 1.17 bits per heavy atom. The summed E-state index contributed by atoms with van der Waals surface area (Å²) in [6.07, 6.45) is 18.0. The maximum atomic E-state index is 7.10. The van der Waals surface area contributed by atoms with Crippen molar-refractivity contribution >= 4 is 163 Å². The minimum Gasteiger partial charge on any atom is -0.456 e. The Labute approximate surface area is 424 Å². The van der Waals surface area contributed by atoms with Crippen LogP contribution in [0.5, 0.6) is 0 Å². The molecule has 13 heteroatoms.